The van der Waals surface area contributed by atoms with Crippen LogP contribution in [0.1, 0.15) is 31.7 Å². The van der Waals surface area contributed by atoms with Crippen molar-refractivity contribution in [3.63, 3.8) is 0 Å². The highest BCUT2D eigenvalue weighted by molar-refractivity contribution is 14.0. The Bertz CT molecular complexity index is 657. The van der Waals surface area contributed by atoms with Gasteiger partial charge in [0.05, 0.1) is 13.2 Å². The molecule has 29 heavy (non-hydrogen) atoms. The number of guanidine groups is 1. The van der Waals surface area contributed by atoms with E-state index in [0.717, 1.165) is 57.0 Å². The van der Waals surface area contributed by atoms with Gasteiger partial charge in [0.15, 0.2) is 5.96 Å². The van der Waals surface area contributed by atoms with Crippen LogP contribution in [0.15, 0.2) is 23.3 Å². The first-order valence-corrected chi connectivity index (χ1v) is 10.2. The van der Waals surface area contributed by atoms with Gasteiger partial charge in [-0.3, -0.25) is 14.7 Å². The van der Waals surface area contributed by atoms with Crippen molar-refractivity contribution in [1.29, 1.82) is 0 Å². The van der Waals surface area contributed by atoms with Crippen molar-refractivity contribution in [3.8, 4) is 5.88 Å². The van der Waals surface area contributed by atoms with Gasteiger partial charge in [0.2, 0.25) is 11.8 Å². The number of aromatic nitrogens is 1. The predicted molar refractivity (Wildman–Crippen MR) is 125 cm³/mol. The number of carbonyl (C=O) groups is 1. The molecule has 9 heteroatoms. The van der Waals surface area contributed by atoms with Crippen LogP contribution in [0, 0.1) is 0 Å². The normalized spacial score (nSPS) is 17.4. The van der Waals surface area contributed by atoms with Crippen molar-refractivity contribution in [3.05, 3.63) is 23.9 Å². The number of halogens is 1. The van der Waals surface area contributed by atoms with Crippen LogP contribution in [-0.4, -0.2) is 79.1 Å². The molecule has 0 spiro atoms. The van der Waals surface area contributed by atoms with E-state index < -0.39 is 0 Å². The van der Waals surface area contributed by atoms with Crippen molar-refractivity contribution in [1.82, 2.24) is 25.4 Å². The predicted octanol–water partition coefficient (Wildman–Crippen LogP) is 1.46. The Hall–Kier alpha value is -1.62. The zero-order valence-electron chi connectivity index (χ0n) is 17.4. The van der Waals surface area contributed by atoms with Crippen LogP contribution in [0.4, 0.5) is 0 Å². The molecule has 3 rings (SSSR count). The highest BCUT2D eigenvalue weighted by Crippen LogP contribution is 2.18. The first-order chi connectivity index (χ1) is 13.7. The summed E-state index contributed by atoms with van der Waals surface area (Å²) in [5.74, 6) is 1.70. The van der Waals surface area contributed by atoms with Crippen LogP contribution in [-0.2, 0) is 11.3 Å². The molecule has 2 fully saturated rings. The van der Waals surface area contributed by atoms with Crippen molar-refractivity contribution in [2.45, 2.75) is 38.8 Å². The summed E-state index contributed by atoms with van der Waals surface area (Å²) in [6.45, 7) is 7.37. The number of nitrogens with zero attached hydrogens (tertiary/aromatic N) is 4. The van der Waals surface area contributed by atoms with Crippen LogP contribution in [0.5, 0.6) is 5.88 Å². The Morgan fingerprint density at radius 3 is 2.62 bits per heavy atom. The van der Waals surface area contributed by atoms with Crippen molar-refractivity contribution < 1.29 is 9.53 Å². The van der Waals surface area contributed by atoms with Gasteiger partial charge < -0.3 is 20.3 Å². The van der Waals surface area contributed by atoms with Gasteiger partial charge in [0.1, 0.15) is 0 Å². The molecule has 162 valence electrons. The van der Waals surface area contributed by atoms with Crippen LogP contribution in [0.2, 0.25) is 0 Å². The standard InChI is InChI=1S/C20H32N6O2.HI/c1-3-12-28-19-7-4-16(13-22-19)14-23-20(21-2)26-10-8-25(9-11-26)15-18(27)24-17-5-6-17;/h4,7,13,17H,3,5-6,8-12,14-15H2,1-2H3,(H,21,23)(H,24,27);1H. The van der Waals surface area contributed by atoms with Gasteiger partial charge in [-0.25, -0.2) is 4.98 Å². The van der Waals surface area contributed by atoms with E-state index in [1.165, 1.54) is 0 Å². The smallest absolute Gasteiger partial charge is 0.234 e. The maximum atomic E-state index is 12.0. The summed E-state index contributed by atoms with van der Waals surface area (Å²) in [6, 6.07) is 4.36. The zero-order valence-corrected chi connectivity index (χ0v) is 19.7. The number of hydrogen-bond donors (Lipinski definition) is 2. The molecule has 0 bridgehead atoms. The lowest BCUT2D eigenvalue weighted by atomic mass is 10.3. The third-order valence-corrected chi connectivity index (χ3v) is 4.90. The summed E-state index contributed by atoms with van der Waals surface area (Å²) < 4.78 is 5.52. The maximum Gasteiger partial charge on any atom is 0.234 e. The Morgan fingerprint density at radius 1 is 1.28 bits per heavy atom. The molecule has 0 unspecified atom stereocenters. The lowest BCUT2D eigenvalue weighted by molar-refractivity contribution is -0.122. The molecule has 1 amide bonds. The number of aliphatic imine (C=N–C) groups is 1. The monoisotopic (exact) mass is 516 g/mol. The minimum absolute atomic E-state index is 0. The van der Waals surface area contributed by atoms with Crippen LogP contribution < -0.4 is 15.4 Å². The molecule has 2 heterocycles. The number of amides is 1. The summed E-state index contributed by atoms with van der Waals surface area (Å²) in [5.41, 5.74) is 1.08. The molecule has 1 aliphatic carbocycles. The molecular formula is C20H33IN6O2. The second-order valence-electron chi connectivity index (χ2n) is 7.36. The molecule has 1 saturated carbocycles. The Kier molecular flexibility index (Phi) is 9.92. The molecule has 1 aromatic heterocycles. The number of pyridine rings is 1. The van der Waals surface area contributed by atoms with Crippen molar-refractivity contribution in [2.75, 3.05) is 46.4 Å². The van der Waals surface area contributed by atoms with Gasteiger partial charge in [-0.05, 0) is 24.8 Å². The van der Waals surface area contributed by atoms with Gasteiger partial charge in [0.25, 0.3) is 0 Å². The van der Waals surface area contributed by atoms with E-state index in [4.69, 9.17) is 4.74 Å². The van der Waals surface area contributed by atoms with E-state index in [1.807, 2.05) is 18.3 Å². The van der Waals surface area contributed by atoms with Crippen molar-refractivity contribution >= 4 is 35.8 Å². The summed E-state index contributed by atoms with van der Waals surface area (Å²) >= 11 is 0. The molecule has 2 aliphatic rings. The van der Waals surface area contributed by atoms with Crippen LogP contribution in [0.3, 0.4) is 0 Å². The second kappa shape index (κ2) is 12.2. The van der Waals surface area contributed by atoms with E-state index in [-0.39, 0.29) is 29.9 Å². The molecule has 0 aromatic carbocycles. The summed E-state index contributed by atoms with van der Waals surface area (Å²) in [5, 5.41) is 6.46. The number of carbonyl (C=O) groups excluding carboxylic acids is 1. The maximum absolute atomic E-state index is 12.0. The van der Waals surface area contributed by atoms with E-state index in [1.54, 1.807) is 7.05 Å². The van der Waals surface area contributed by atoms with Gasteiger partial charge in [-0.15, -0.1) is 24.0 Å². The molecule has 2 N–H and O–H groups in total. The first-order valence-electron chi connectivity index (χ1n) is 10.2. The van der Waals surface area contributed by atoms with Gasteiger partial charge in [-0.1, -0.05) is 13.0 Å². The van der Waals surface area contributed by atoms with Gasteiger partial charge in [0, 0.05) is 58.1 Å². The third kappa shape index (κ3) is 7.96. The molecule has 1 saturated heterocycles. The number of piperazine rings is 1. The van der Waals surface area contributed by atoms with Gasteiger partial charge >= 0.3 is 0 Å². The molecule has 1 aromatic rings. The quantitative estimate of drug-likeness (QED) is 0.310. The summed E-state index contributed by atoms with van der Waals surface area (Å²) in [7, 11) is 1.80. The van der Waals surface area contributed by atoms with Gasteiger partial charge in [-0.2, -0.15) is 0 Å². The average Bonchev–Trinajstić information content (AvgIpc) is 3.52. The third-order valence-electron chi connectivity index (χ3n) is 4.90. The molecule has 0 radical (unpaired) electrons. The topological polar surface area (TPSA) is 82.1 Å². The minimum Gasteiger partial charge on any atom is -0.478 e. The Balaban J connectivity index is 0.00000300. The highest BCUT2D eigenvalue weighted by atomic mass is 127. The van der Waals surface area contributed by atoms with Crippen LogP contribution in [0.25, 0.3) is 0 Å². The molecule has 1 aliphatic heterocycles. The highest BCUT2D eigenvalue weighted by Gasteiger charge is 2.25. The average molecular weight is 516 g/mol. The van der Waals surface area contributed by atoms with Crippen molar-refractivity contribution in [2.24, 2.45) is 4.99 Å². The largest absolute Gasteiger partial charge is 0.478 e. The van der Waals surface area contributed by atoms with E-state index >= 15 is 0 Å². The number of hydrogen-bond acceptors (Lipinski definition) is 5. The zero-order chi connectivity index (χ0) is 19.8. The second-order valence-corrected chi connectivity index (χ2v) is 7.36. The fourth-order valence-corrected chi connectivity index (χ4v) is 3.14. The lowest BCUT2D eigenvalue weighted by Crippen LogP contribution is -2.54. The minimum atomic E-state index is 0. The number of ether oxygens (including phenoxy) is 1. The van der Waals surface area contributed by atoms with E-state index in [0.29, 0.717) is 31.6 Å². The summed E-state index contributed by atoms with van der Waals surface area (Å²) in [4.78, 5) is 25.1. The van der Waals surface area contributed by atoms with E-state index in [9.17, 15) is 4.79 Å². The fourth-order valence-electron chi connectivity index (χ4n) is 3.14. The molecule has 8 nitrogen and oxygen atoms in total. The van der Waals surface area contributed by atoms with Crippen LogP contribution >= 0.6 is 24.0 Å². The lowest BCUT2D eigenvalue weighted by Gasteiger charge is -2.36. The van der Waals surface area contributed by atoms with E-state index in [2.05, 4.69) is 37.3 Å². The number of nitrogens with one attached hydrogen (secondary N) is 2. The number of rotatable bonds is 8. The fraction of sp³-hybridized carbons (Fsp3) is 0.650. The SMILES string of the molecule is CCCOc1ccc(CNC(=NC)N2CCN(CC(=O)NC3CC3)CC2)cn1.I. The Labute approximate surface area is 190 Å². The molecule has 0 atom stereocenters. The first kappa shape index (κ1) is 23.7. The molecular weight excluding hydrogens is 483 g/mol. The summed E-state index contributed by atoms with van der Waals surface area (Å²) in [6.07, 6.45) is 5.07. The Morgan fingerprint density at radius 2 is 2.03 bits per heavy atom.